The Morgan fingerprint density at radius 1 is 1.06 bits per heavy atom. The molecule has 190 valence electrons. The van der Waals surface area contributed by atoms with Crippen molar-refractivity contribution in [1.82, 2.24) is 10.6 Å². The van der Waals surface area contributed by atoms with Gasteiger partial charge in [-0.05, 0) is 25.2 Å². The molecule has 4 unspecified atom stereocenters. The molecule has 2 amide bonds. The monoisotopic (exact) mass is 548 g/mol. The van der Waals surface area contributed by atoms with E-state index in [9.17, 15) is 19.5 Å². The standard InChI is InChI=1S/C20H36N2O5.H5P3.H4P2/c1-5-7-8-9-10-17(24)21-16(12-23)19(26)22-15(11-14(3)4)18(25)20(6-2)13-27-20;1-3-2;1-2/h14-16,23H,5-13H2,1-4H3,(H,21,24)(H,22,26);3H,1-2H2;1-2H2/t15-,16-,20+;;/m0../s1. The Labute approximate surface area is 205 Å². The molecule has 0 spiro atoms. The highest BCUT2D eigenvalue weighted by molar-refractivity contribution is 8.33. The third-order valence-electron chi connectivity index (χ3n) is 4.94. The molecular formula is C20H45N2O5P5. The summed E-state index contributed by atoms with van der Waals surface area (Å²) in [6.45, 7) is 7.79. The minimum Gasteiger partial charge on any atom is -0.394 e. The molecule has 1 aliphatic heterocycles. The summed E-state index contributed by atoms with van der Waals surface area (Å²) in [5, 5.41) is 14.8. The first-order chi connectivity index (χ1) is 15.2. The van der Waals surface area contributed by atoms with Crippen molar-refractivity contribution in [2.45, 2.75) is 90.3 Å². The van der Waals surface area contributed by atoms with Gasteiger partial charge in [0.15, 0.2) is 11.4 Å². The molecule has 0 aromatic carbocycles. The van der Waals surface area contributed by atoms with Gasteiger partial charge in [0.25, 0.3) is 0 Å². The first-order valence-corrected chi connectivity index (χ1v) is 18.4. The highest BCUT2D eigenvalue weighted by atomic mass is 32.4. The summed E-state index contributed by atoms with van der Waals surface area (Å²) >= 11 is 0. The first-order valence-electron chi connectivity index (χ1n) is 11.1. The fourth-order valence-corrected chi connectivity index (χ4v) is 3.07. The fraction of sp³-hybridized carbons (Fsp3) is 0.850. The second kappa shape index (κ2) is 21.0. The molecule has 1 heterocycles. The van der Waals surface area contributed by atoms with E-state index in [2.05, 4.69) is 53.3 Å². The molecule has 1 rings (SSSR count). The Hall–Kier alpha value is 0.680. The Morgan fingerprint density at radius 2 is 1.62 bits per heavy atom. The first kappa shape index (κ1) is 34.8. The van der Waals surface area contributed by atoms with Crippen LogP contribution in [0.1, 0.15) is 72.6 Å². The molecule has 1 aliphatic rings. The summed E-state index contributed by atoms with van der Waals surface area (Å²) in [4.78, 5) is 37.3. The second-order valence-corrected chi connectivity index (χ2v) is 12.3. The average molecular weight is 548 g/mol. The zero-order valence-electron chi connectivity index (χ0n) is 20.0. The highest BCUT2D eigenvalue weighted by Gasteiger charge is 2.52. The average Bonchev–Trinajstić information content (AvgIpc) is 3.57. The van der Waals surface area contributed by atoms with Gasteiger partial charge in [-0.3, -0.25) is 14.4 Å². The largest absolute Gasteiger partial charge is 0.394 e. The van der Waals surface area contributed by atoms with Gasteiger partial charge in [0, 0.05) is 6.42 Å². The van der Waals surface area contributed by atoms with Crippen LogP contribution in [-0.2, 0) is 19.1 Å². The molecule has 0 aromatic rings. The van der Waals surface area contributed by atoms with Gasteiger partial charge >= 0.3 is 0 Å². The van der Waals surface area contributed by atoms with Crippen LogP contribution in [0.5, 0.6) is 0 Å². The van der Waals surface area contributed by atoms with Crippen molar-refractivity contribution >= 4 is 61.3 Å². The number of epoxide rings is 1. The molecule has 0 saturated carbocycles. The molecule has 32 heavy (non-hydrogen) atoms. The lowest BCUT2D eigenvalue weighted by molar-refractivity contribution is -0.134. The number of amides is 2. The lowest BCUT2D eigenvalue weighted by Crippen LogP contribution is -2.55. The predicted octanol–water partition coefficient (Wildman–Crippen LogP) is 3.61. The summed E-state index contributed by atoms with van der Waals surface area (Å²) in [6, 6.07) is -1.74. The Balaban J connectivity index is 0. The van der Waals surface area contributed by atoms with Gasteiger partial charge in [-0.1, -0.05) is 54.9 Å². The van der Waals surface area contributed by atoms with Crippen LogP contribution in [0, 0.1) is 5.92 Å². The lowest BCUT2D eigenvalue weighted by Gasteiger charge is -2.25. The van der Waals surface area contributed by atoms with Crippen molar-refractivity contribution in [3.8, 4) is 0 Å². The molecule has 0 aliphatic carbocycles. The number of hydrogen-bond donors (Lipinski definition) is 3. The van der Waals surface area contributed by atoms with Crippen LogP contribution in [-0.4, -0.2) is 53.6 Å². The van der Waals surface area contributed by atoms with Gasteiger partial charge in [0.2, 0.25) is 11.8 Å². The van der Waals surface area contributed by atoms with E-state index in [-0.39, 0.29) is 17.6 Å². The number of carbonyl (C=O) groups is 3. The molecule has 0 radical (unpaired) electrons. The molecule has 1 saturated heterocycles. The molecule has 0 aromatic heterocycles. The van der Waals surface area contributed by atoms with Crippen molar-refractivity contribution < 1.29 is 24.2 Å². The van der Waals surface area contributed by atoms with E-state index in [0.717, 1.165) is 33.6 Å². The smallest absolute Gasteiger partial charge is 0.245 e. The Kier molecular flexibility index (Phi) is 22.9. The van der Waals surface area contributed by atoms with E-state index in [0.29, 0.717) is 25.9 Å². The summed E-state index contributed by atoms with van der Waals surface area (Å²) < 4.78 is 5.35. The second-order valence-electron chi connectivity index (χ2n) is 7.97. The molecular weight excluding hydrogens is 503 g/mol. The number of aliphatic hydroxyl groups excluding tert-OH is 1. The summed E-state index contributed by atoms with van der Waals surface area (Å²) in [5.74, 6) is -0.727. The van der Waals surface area contributed by atoms with Crippen LogP contribution in [0.3, 0.4) is 0 Å². The van der Waals surface area contributed by atoms with Crippen LogP contribution < -0.4 is 10.6 Å². The van der Waals surface area contributed by atoms with Crippen LogP contribution in [0.2, 0.25) is 0 Å². The molecule has 7 nitrogen and oxygen atoms in total. The molecule has 1 fully saturated rings. The number of unbranched alkanes of at least 4 members (excludes halogenated alkanes) is 3. The third kappa shape index (κ3) is 14.8. The number of carbonyl (C=O) groups excluding carboxylic acids is 3. The van der Waals surface area contributed by atoms with Crippen LogP contribution in [0.25, 0.3) is 0 Å². The van der Waals surface area contributed by atoms with Crippen LogP contribution in [0.4, 0.5) is 0 Å². The van der Waals surface area contributed by atoms with Gasteiger partial charge in [-0.15, -0.1) is 35.7 Å². The molecule has 12 heteroatoms. The quantitative estimate of drug-likeness (QED) is 0.175. The topological polar surface area (TPSA) is 108 Å². The summed E-state index contributed by atoms with van der Waals surface area (Å²) in [5.41, 5.74) is -0.788. The normalized spacial score (nSPS) is 18.3. The fourth-order valence-electron chi connectivity index (χ4n) is 3.07. The van der Waals surface area contributed by atoms with Gasteiger partial charge < -0.3 is 20.5 Å². The SMILES string of the molecule is CCCCCCC(=O)N[C@@H](CO)C(=O)N[C@@H](CC(C)C)C(=O)[C@@]1(CC)CO1.PP.PPP. The minimum atomic E-state index is -1.05. The summed E-state index contributed by atoms with van der Waals surface area (Å²) in [6.07, 6.45) is 5.24. The zero-order chi connectivity index (χ0) is 25.2. The van der Waals surface area contributed by atoms with E-state index < -0.39 is 30.2 Å². The summed E-state index contributed by atoms with van der Waals surface area (Å²) in [7, 11) is 10.7. The van der Waals surface area contributed by atoms with Crippen molar-refractivity contribution in [1.29, 1.82) is 0 Å². The van der Waals surface area contributed by atoms with Crippen LogP contribution >= 0.6 is 43.7 Å². The zero-order valence-corrected chi connectivity index (χ0v) is 25.6. The molecule has 0 bridgehead atoms. The van der Waals surface area contributed by atoms with Crippen molar-refractivity contribution in [2.75, 3.05) is 13.2 Å². The number of rotatable bonds is 14. The number of aliphatic hydroxyl groups is 1. The Morgan fingerprint density at radius 3 is 2.03 bits per heavy atom. The van der Waals surface area contributed by atoms with E-state index in [1.165, 1.54) is 0 Å². The number of hydrogen-bond acceptors (Lipinski definition) is 5. The molecule has 3 N–H and O–H groups in total. The maximum atomic E-state index is 12.8. The van der Waals surface area contributed by atoms with E-state index in [4.69, 9.17) is 4.74 Å². The van der Waals surface area contributed by atoms with Crippen molar-refractivity contribution in [3.63, 3.8) is 0 Å². The van der Waals surface area contributed by atoms with Gasteiger partial charge in [-0.25, -0.2) is 0 Å². The molecule has 7 atom stereocenters. The minimum absolute atomic E-state index is 0.130. The van der Waals surface area contributed by atoms with E-state index >= 15 is 0 Å². The number of ether oxygens (including phenoxy) is 1. The van der Waals surface area contributed by atoms with Gasteiger partial charge in [-0.2, -0.15) is 0 Å². The maximum Gasteiger partial charge on any atom is 0.245 e. The van der Waals surface area contributed by atoms with Crippen LogP contribution in [0.15, 0.2) is 0 Å². The number of Topliss-reactive ketones (excluding diaryl/α,β-unsaturated/α-hetero) is 1. The number of nitrogens with one attached hydrogen (secondary N) is 2. The van der Waals surface area contributed by atoms with Crippen molar-refractivity contribution in [3.05, 3.63) is 0 Å². The van der Waals surface area contributed by atoms with Gasteiger partial charge in [0.05, 0.1) is 19.3 Å². The van der Waals surface area contributed by atoms with E-state index in [1.807, 2.05) is 20.8 Å². The number of ketones is 1. The third-order valence-corrected chi connectivity index (χ3v) is 4.94. The van der Waals surface area contributed by atoms with Gasteiger partial charge in [0.1, 0.15) is 6.04 Å². The van der Waals surface area contributed by atoms with Crippen molar-refractivity contribution in [2.24, 2.45) is 5.92 Å². The highest BCUT2D eigenvalue weighted by Crippen LogP contribution is 2.33. The Bertz CT molecular complexity index is 537. The maximum absolute atomic E-state index is 12.8. The lowest BCUT2D eigenvalue weighted by atomic mass is 9.90. The predicted molar refractivity (Wildman–Crippen MR) is 150 cm³/mol. The van der Waals surface area contributed by atoms with E-state index in [1.54, 1.807) is 0 Å².